The molecule has 2 aromatic carbocycles. The van der Waals surface area contributed by atoms with Crippen LogP contribution in [-0.2, 0) is 11.2 Å². The van der Waals surface area contributed by atoms with Crippen LogP contribution in [0.3, 0.4) is 0 Å². The number of aliphatic carboxylic acids is 1. The lowest BCUT2D eigenvalue weighted by molar-refractivity contribution is -0.131. The summed E-state index contributed by atoms with van der Waals surface area (Å²) in [6.45, 7) is 0. The number of hydrogen-bond acceptors (Lipinski definition) is 6. The van der Waals surface area contributed by atoms with Crippen LogP contribution in [0.15, 0.2) is 83.0 Å². The summed E-state index contributed by atoms with van der Waals surface area (Å²) in [4.78, 5) is 28.9. The molecule has 0 unspecified atom stereocenters. The Morgan fingerprint density at radius 2 is 1.92 bits per heavy atom. The molecule has 9 nitrogen and oxygen atoms in total. The first-order valence-corrected chi connectivity index (χ1v) is 12.4. The molecule has 10 heteroatoms. The summed E-state index contributed by atoms with van der Waals surface area (Å²) in [5.74, 6) is -0.981. The van der Waals surface area contributed by atoms with E-state index in [9.17, 15) is 9.59 Å². The Balaban J connectivity index is 1.25. The van der Waals surface area contributed by atoms with Crippen LogP contribution in [-0.4, -0.2) is 41.6 Å². The lowest BCUT2D eigenvalue weighted by Gasteiger charge is -2.17. The van der Waals surface area contributed by atoms with Crippen molar-refractivity contribution >= 4 is 34.9 Å². The van der Waals surface area contributed by atoms with E-state index in [2.05, 4.69) is 15.5 Å². The lowest BCUT2D eigenvalue weighted by Crippen LogP contribution is -2.27. The van der Waals surface area contributed by atoms with Gasteiger partial charge in [0.25, 0.3) is 5.56 Å². The first-order chi connectivity index (χ1) is 18.5. The summed E-state index contributed by atoms with van der Waals surface area (Å²) >= 11 is 6.30. The van der Waals surface area contributed by atoms with Gasteiger partial charge in [0, 0.05) is 46.8 Å². The Morgan fingerprint density at radius 1 is 1.08 bits per heavy atom. The second-order valence-electron chi connectivity index (χ2n) is 9.16. The van der Waals surface area contributed by atoms with Gasteiger partial charge in [-0.2, -0.15) is 4.68 Å². The third kappa shape index (κ3) is 4.48. The number of fused-ring (bicyclic) bond motifs is 1. The number of allylic oxidation sites excluding steroid dienone is 1. The fourth-order valence-corrected chi connectivity index (χ4v) is 5.25. The predicted molar refractivity (Wildman–Crippen MR) is 144 cm³/mol. The van der Waals surface area contributed by atoms with Crippen molar-refractivity contribution in [1.29, 1.82) is 0 Å². The van der Waals surface area contributed by atoms with Gasteiger partial charge in [0.15, 0.2) is 0 Å². The van der Waals surface area contributed by atoms with Crippen LogP contribution in [0.4, 0.5) is 0 Å². The zero-order valence-corrected chi connectivity index (χ0v) is 20.8. The van der Waals surface area contributed by atoms with Crippen molar-refractivity contribution in [2.75, 3.05) is 0 Å². The average Bonchev–Trinajstić information content (AvgIpc) is 3.68. The number of aryl methyl sites for hydroxylation is 1. The van der Waals surface area contributed by atoms with Crippen molar-refractivity contribution in [3.05, 3.63) is 105 Å². The topological polar surface area (TPSA) is 115 Å². The summed E-state index contributed by atoms with van der Waals surface area (Å²) < 4.78 is 3.40. The summed E-state index contributed by atoms with van der Waals surface area (Å²) in [6, 6.07) is 16.7. The normalized spacial score (nSPS) is 16.5. The highest BCUT2D eigenvalue weighted by Crippen LogP contribution is 2.36. The van der Waals surface area contributed by atoms with Gasteiger partial charge < -0.3 is 9.67 Å². The molecule has 1 atom stereocenters. The molecule has 0 radical (unpaired) electrons. The van der Waals surface area contributed by atoms with Crippen LogP contribution in [0.5, 0.6) is 0 Å². The Morgan fingerprint density at radius 3 is 2.68 bits per heavy atom. The van der Waals surface area contributed by atoms with Gasteiger partial charge in [-0.1, -0.05) is 35.9 Å². The maximum absolute atomic E-state index is 13.4. The lowest BCUT2D eigenvalue weighted by atomic mass is 9.98. The van der Waals surface area contributed by atoms with E-state index in [0.29, 0.717) is 11.4 Å². The van der Waals surface area contributed by atoms with Crippen LogP contribution in [0, 0.1) is 0 Å². The van der Waals surface area contributed by atoms with Crippen molar-refractivity contribution in [2.24, 2.45) is 4.99 Å². The van der Waals surface area contributed by atoms with Crippen LogP contribution in [0.25, 0.3) is 28.5 Å². The van der Waals surface area contributed by atoms with E-state index >= 15 is 0 Å². The van der Waals surface area contributed by atoms with Gasteiger partial charge in [0.2, 0.25) is 0 Å². The van der Waals surface area contributed by atoms with Crippen LogP contribution in [0.1, 0.15) is 35.7 Å². The monoisotopic (exact) mass is 524 g/mol. The Hall–Kier alpha value is -4.63. The predicted octanol–water partition coefficient (Wildman–Crippen LogP) is 4.62. The fourth-order valence-electron chi connectivity index (χ4n) is 5.08. The number of pyridine rings is 1. The Kier molecular flexibility index (Phi) is 6.05. The van der Waals surface area contributed by atoms with Gasteiger partial charge in [-0.15, -0.1) is 5.10 Å². The quantitative estimate of drug-likeness (QED) is 0.368. The second-order valence-corrected chi connectivity index (χ2v) is 9.60. The van der Waals surface area contributed by atoms with E-state index in [1.54, 1.807) is 22.9 Å². The van der Waals surface area contributed by atoms with Crippen molar-refractivity contribution in [3.8, 4) is 16.8 Å². The zero-order valence-electron chi connectivity index (χ0n) is 20.0. The number of carboxylic acid groups (broad SMARTS) is 1. The van der Waals surface area contributed by atoms with Crippen LogP contribution >= 0.6 is 11.6 Å². The van der Waals surface area contributed by atoms with Crippen molar-refractivity contribution in [1.82, 2.24) is 24.8 Å². The van der Waals surface area contributed by atoms with E-state index in [4.69, 9.17) is 21.7 Å². The van der Waals surface area contributed by atoms with E-state index in [0.717, 1.165) is 63.8 Å². The standard InChI is InChI=1S/C28H21ClN6O3/c29-21-6-8-25(34-16-31-32-33-34)23(14-21)19-11-22-7-9-26(35(22)27(36)13-19)24-12-20(15-30-24)18-4-1-17(2-5-18)3-10-28(37)38/h1-6,8,10-11,13-16,26H,7,9,12H2,(H,37,38)/b10-3+/t26-/m0/s1. The molecule has 2 aromatic heterocycles. The molecule has 0 spiro atoms. The van der Waals surface area contributed by atoms with E-state index in [-0.39, 0.29) is 11.6 Å². The zero-order chi connectivity index (χ0) is 26.2. The average molecular weight is 525 g/mol. The molecular formula is C28H21ClN6O3. The molecule has 0 amide bonds. The first kappa shape index (κ1) is 23.7. The van der Waals surface area contributed by atoms with E-state index < -0.39 is 5.97 Å². The second kappa shape index (κ2) is 9.68. The first-order valence-electron chi connectivity index (χ1n) is 12.0. The molecule has 0 bridgehead atoms. The molecule has 0 fully saturated rings. The third-order valence-electron chi connectivity index (χ3n) is 6.84. The minimum absolute atomic E-state index is 0.0895. The minimum Gasteiger partial charge on any atom is -0.478 e. The molecule has 188 valence electrons. The number of hydrogen-bond donors (Lipinski definition) is 1. The molecule has 2 aliphatic rings. The summed E-state index contributed by atoms with van der Waals surface area (Å²) in [7, 11) is 0. The number of aliphatic imine (C=N–C) groups is 1. The highest BCUT2D eigenvalue weighted by atomic mass is 35.5. The minimum atomic E-state index is -0.981. The molecule has 4 aromatic rings. The Labute approximate surface area is 222 Å². The highest BCUT2D eigenvalue weighted by molar-refractivity contribution is 6.31. The van der Waals surface area contributed by atoms with Gasteiger partial charge in [-0.3, -0.25) is 9.79 Å². The summed E-state index contributed by atoms with van der Waals surface area (Å²) in [5, 5.41) is 20.8. The highest BCUT2D eigenvalue weighted by Gasteiger charge is 2.30. The third-order valence-corrected chi connectivity index (χ3v) is 7.08. The number of rotatable bonds is 6. The van der Waals surface area contributed by atoms with Gasteiger partial charge >= 0.3 is 5.97 Å². The summed E-state index contributed by atoms with van der Waals surface area (Å²) in [6.07, 6.45) is 8.25. The van der Waals surface area contributed by atoms with Crippen LogP contribution in [0.2, 0.25) is 5.02 Å². The van der Waals surface area contributed by atoms with Crippen molar-refractivity contribution < 1.29 is 9.90 Å². The number of tetrazole rings is 1. The number of carboxylic acids is 1. The number of carbonyl (C=O) groups is 1. The number of benzene rings is 2. The number of halogens is 1. The molecule has 1 N–H and O–H groups in total. The molecule has 0 saturated heterocycles. The molecular weight excluding hydrogens is 504 g/mol. The number of nitrogens with zero attached hydrogens (tertiary/aromatic N) is 6. The smallest absolute Gasteiger partial charge is 0.328 e. The largest absolute Gasteiger partial charge is 0.478 e. The molecule has 6 rings (SSSR count). The molecule has 2 aliphatic heterocycles. The van der Waals surface area contributed by atoms with Crippen molar-refractivity contribution in [3.63, 3.8) is 0 Å². The summed E-state index contributed by atoms with van der Waals surface area (Å²) in [5.41, 5.74) is 6.99. The van der Waals surface area contributed by atoms with Gasteiger partial charge in [-0.05, 0) is 75.9 Å². The maximum Gasteiger partial charge on any atom is 0.328 e. The SMILES string of the molecule is O=C(O)/C=C/c1ccc(C2=CN=C([C@@H]3CCc4cc(-c5cc(Cl)ccc5-n5cnnn5)cc(=O)n43)C2)cc1. The van der Waals surface area contributed by atoms with Gasteiger partial charge in [0.05, 0.1) is 11.7 Å². The Bertz CT molecular complexity index is 1700. The fraction of sp³-hybridized carbons (Fsp3) is 0.143. The number of aromatic nitrogens is 5. The van der Waals surface area contributed by atoms with Gasteiger partial charge in [-0.25, -0.2) is 4.79 Å². The van der Waals surface area contributed by atoms with Crippen molar-refractivity contribution in [2.45, 2.75) is 25.3 Å². The molecule has 38 heavy (non-hydrogen) atoms. The van der Waals surface area contributed by atoms with E-state index in [1.165, 1.54) is 6.33 Å². The van der Waals surface area contributed by atoms with Gasteiger partial charge in [0.1, 0.15) is 6.33 Å². The molecule has 4 heterocycles. The van der Waals surface area contributed by atoms with Crippen LogP contribution < -0.4 is 5.56 Å². The molecule has 0 aliphatic carbocycles. The van der Waals surface area contributed by atoms with E-state index in [1.807, 2.05) is 53.2 Å². The maximum atomic E-state index is 13.4. The molecule has 0 saturated carbocycles.